The summed E-state index contributed by atoms with van der Waals surface area (Å²) in [5, 5.41) is 13.1. The molecule has 0 aromatic heterocycles. The predicted octanol–water partition coefficient (Wildman–Crippen LogP) is 3.40. The molecule has 2 aromatic rings. The zero-order valence-corrected chi connectivity index (χ0v) is 12.6. The first kappa shape index (κ1) is 17.2. The predicted molar refractivity (Wildman–Crippen MR) is 81.8 cm³/mol. The van der Waals surface area contributed by atoms with Crippen molar-refractivity contribution in [2.24, 2.45) is 0 Å². The molecular weight excluding hydrogens is 328 g/mol. The molecular formula is C16H14ClF2NO3. The van der Waals surface area contributed by atoms with Gasteiger partial charge in [-0.05, 0) is 35.9 Å². The van der Waals surface area contributed by atoms with Crippen molar-refractivity contribution in [3.63, 3.8) is 0 Å². The van der Waals surface area contributed by atoms with Crippen LogP contribution in [0.3, 0.4) is 0 Å². The van der Waals surface area contributed by atoms with Gasteiger partial charge in [-0.3, -0.25) is 4.79 Å². The van der Waals surface area contributed by atoms with Crippen molar-refractivity contribution in [2.45, 2.75) is 12.7 Å². The van der Waals surface area contributed by atoms with Crippen LogP contribution in [-0.4, -0.2) is 24.2 Å². The Hall–Kier alpha value is -2.18. The standard InChI is InChI=1S/C16H14ClF2NO3/c17-12-6-4-10(5-7-12)14(21)9-20-15(22)11-2-1-3-13(8-11)23-16(18)19/h1-8,14,16,21H,9H2,(H,20,22). The third kappa shape index (κ3) is 5.19. The molecule has 0 aliphatic heterocycles. The molecule has 2 aromatic carbocycles. The van der Waals surface area contributed by atoms with Crippen LogP contribution in [0.2, 0.25) is 5.02 Å². The van der Waals surface area contributed by atoms with Crippen LogP contribution in [0, 0.1) is 0 Å². The molecule has 23 heavy (non-hydrogen) atoms. The van der Waals surface area contributed by atoms with E-state index in [4.69, 9.17) is 11.6 Å². The van der Waals surface area contributed by atoms with Gasteiger partial charge in [-0.1, -0.05) is 29.8 Å². The minimum Gasteiger partial charge on any atom is -0.435 e. The minimum atomic E-state index is -2.96. The van der Waals surface area contributed by atoms with Crippen molar-refractivity contribution < 1.29 is 23.4 Å². The number of halogens is 3. The van der Waals surface area contributed by atoms with Crippen molar-refractivity contribution in [1.82, 2.24) is 5.32 Å². The first-order valence-electron chi connectivity index (χ1n) is 6.72. The highest BCUT2D eigenvalue weighted by atomic mass is 35.5. The number of hydrogen-bond acceptors (Lipinski definition) is 3. The number of carbonyl (C=O) groups excluding carboxylic acids is 1. The summed E-state index contributed by atoms with van der Waals surface area (Å²) in [5.74, 6) is -0.608. The van der Waals surface area contributed by atoms with Crippen LogP contribution >= 0.6 is 11.6 Å². The summed E-state index contributed by atoms with van der Waals surface area (Å²) in [5.41, 5.74) is 0.760. The van der Waals surface area contributed by atoms with Gasteiger partial charge in [0.05, 0.1) is 6.10 Å². The Labute approximate surface area is 136 Å². The van der Waals surface area contributed by atoms with Crippen LogP contribution in [0.4, 0.5) is 8.78 Å². The van der Waals surface area contributed by atoms with E-state index in [1.54, 1.807) is 24.3 Å². The molecule has 7 heteroatoms. The second-order valence-corrected chi connectivity index (χ2v) is 5.12. The summed E-state index contributed by atoms with van der Waals surface area (Å²) >= 11 is 5.76. The Morgan fingerprint density at radius 2 is 1.91 bits per heavy atom. The normalized spacial score (nSPS) is 12.0. The van der Waals surface area contributed by atoms with Gasteiger partial charge in [0, 0.05) is 17.1 Å². The van der Waals surface area contributed by atoms with Crippen molar-refractivity contribution in [3.05, 3.63) is 64.7 Å². The molecule has 0 radical (unpaired) electrons. The number of aliphatic hydroxyl groups is 1. The topological polar surface area (TPSA) is 58.6 Å². The summed E-state index contributed by atoms with van der Waals surface area (Å²) in [6.45, 7) is -2.99. The number of rotatable bonds is 6. The molecule has 0 saturated heterocycles. The lowest BCUT2D eigenvalue weighted by Crippen LogP contribution is -2.28. The molecule has 2 N–H and O–H groups in total. The Morgan fingerprint density at radius 1 is 1.22 bits per heavy atom. The molecule has 0 bridgehead atoms. The molecule has 0 aliphatic carbocycles. The Morgan fingerprint density at radius 3 is 2.57 bits per heavy atom. The lowest BCUT2D eigenvalue weighted by molar-refractivity contribution is -0.0498. The summed E-state index contributed by atoms with van der Waals surface area (Å²) in [6.07, 6.45) is -0.906. The van der Waals surface area contributed by atoms with Gasteiger partial charge >= 0.3 is 6.61 Å². The molecule has 1 unspecified atom stereocenters. The van der Waals surface area contributed by atoms with E-state index < -0.39 is 18.6 Å². The zero-order chi connectivity index (χ0) is 16.8. The van der Waals surface area contributed by atoms with Gasteiger partial charge in [0.15, 0.2) is 0 Å². The molecule has 1 amide bonds. The number of hydrogen-bond donors (Lipinski definition) is 2. The van der Waals surface area contributed by atoms with Crippen molar-refractivity contribution >= 4 is 17.5 Å². The van der Waals surface area contributed by atoms with Gasteiger partial charge in [0.1, 0.15) is 5.75 Å². The van der Waals surface area contributed by atoms with Crippen LogP contribution in [-0.2, 0) is 0 Å². The second-order valence-electron chi connectivity index (χ2n) is 4.68. The minimum absolute atomic E-state index is 0.0274. The summed E-state index contributed by atoms with van der Waals surface area (Å²) in [6, 6.07) is 12.0. The fraction of sp³-hybridized carbons (Fsp3) is 0.188. The van der Waals surface area contributed by atoms with E-state index in [9.17, 15) is 18.7 Å². The van der Waals surface area contributed by atoms with E-state index in [0.717, 1.165) is 0 Å². The van der Waals surface area contributed by atoms with Crippen molar-refractivity contribution in [1.29, 1.82) is 0 Å². The maximum Gasteiger partial charge on any atom is 0.387 e. The maximum absolute atomic E-state index is 12.2. The van der Waals surface area contributed by atoms with Crippen molar-refractivity contribution in [2.75, 3.05) is 6.54 Å². The van der Waals surface area contributed by atoms with Crippen LogP contribution < -0.4 is 10.1 Å². The monoisotopic (exact) mass is 341 g/mol. The van der Waals surface area contributed by atoms with E-state index in [0.29, 0.717) is 10.6 Å². The lowest BCUT2D eigenvalue weighted by atomic mass is 10.1. The van der Waals surface area contributed by atoms with Gasteiger partial charge in [-0.15, -0.1) is 0 Å². The number of amides is 1. The average molecular weight is 342 g/mol. The third-order valence-corrected chi connectivity index (χ3v) is 3.28. The molecule has 0 aliphatic rings. The third-order valence-electron chi connectivity index (χ3n) is 3.03. The van der Waals surface area contributed by atoms with E-state index in [2.05, 4.69) is 10.1 Å². The molecule has 2 rings (SSSR count). The fourth-order valence-electron chi connectivity index (χ4n) is 1.91. The van der Waals surface area contributed by atoms with Crippen LogP contribution in [0.15, 0.2) is 48.5 Å². The van der Waals surface area contributed by atoms with E-state index in [-0.39, 0.29) is 17.9 Å². The zero-order valence-electron chi connectivity index (χ0n) is 11.9. The molecule has 1 atom stereocenters. The number of carbonyl (C=O) groups is 1. The highest BCUT2D eigenvalue weighted by Crippen LogP contribution is 2.17. The Bertz CT molecular complexity index is 665. The average Bonchev–Trinajstić information content (AvgIpc) is 2.52. The van der Waals surface area contributed by atoms with Gasteiger partial charge in [-0.25, -0.2) is 0 Å². The molecule has 0 heterocycles. The summed E-state index contributed by atoms with van der Waals surface area (Å²) < 4.78 is 28.6. The highest BCUT2D eigenvalue weighted by molar-refractivity contribution is 6.30. The first-order valence-corrected chi connectivity index (χ1v) is 7.10. The second kappa shape index (κ2) is 7.89. The van der Waals surface area contributed by atoms with E-state index in [1.165, 1.54) is 24.3 Å². The van der Waals surface area contributed by atoms with Gasteiger partial charge < -0.3 is 15.2 Å². The molecule has 4 nitrogen and oxygen atoms in total. The highest BCUT2D eigenvalue weighted by Gasteiger charge is 2.12. The first-order chi connectivity index (χ1) is 11.0. The van der Waals surface area contributed by atoms with Crippen LogP contribution in [0.5, 0.6) is 5.75 Å². The van der Waals surface area contributed by atoms with Gasteiger partial charge in [0.2, 0.25) is 0 Å². The molecule has 0 spiro atoms. The number of nitrogens with one attached hydrogen (secondary N) is 1. The number of aliphatic hydroxyl groups excluding tert-OH is 1. The van der Waals surface area contributed by atoms with Gasteiger partial charge in [-0.2, -0.15) is 8.78 Å². The van der Waals surface area contributed by atoms with E-state index in [1.807, 2.05) is 0 Å². The largest absolute Gasteiger partial charge is 0.435 e. The number of ether oxygens (including phenoxy) is 1. The quantitative estimate of drug-likeness (QED) is 0.846. The Balaban J connectivity index is 1.95. The molecule has 122 valence electrons. The fourth-order valence-corrected chi connectivity index (χ4v) is 2.03. The number of alkyl halides is 2. The van der Waals surface area contributed by atoms with Crippen molar-refractivity contribution in [3.8, 4) is 5.75 Å². The summed E-state index contributed by atoms with van der Waals surface area (Å²) in [4.78, 5) is 12.0. The Kier molecular flexibility index (Phi) is 5.90. The molecule has 0 fully saturated rings. The van der Waals surface area contributed by atoms with E-state index >= 15 is 0 Å². The summed E-state index contributed by atoms with van der Waals surface area (Å²) in [7, 11) is 0. The SMILES string of the molecule is O=C(NCC(O)c1ccc(Cl)cc1)c1cccc(OC(F)F)c1. The molecule has 0 saturated carbocycles. The lowest BCUT2D eigenvalue weighted by Gasteiger charge is -2.13. The smallest absolute Gasteiger partial charge is 0.387 e. The van der Waals surface area contributed by atoms with Crippen LogP contribution in [0.1, 0.15) is 22.0 Å². The number of benzene rings is 2. The maximum atomic E-state index is 12.2. The van der Waals surface area contributed by atoms with Gasteiger partial charge in [0.25, 0.3) is 5.91 Å². The van der Waals surface area contributed by atoms with Crippen LogP contribution in [0.25, 0.3) is 0 Å².